The van der Waals surface area contributed by atoms with Crippen LogP contribution in [0.2, 0.25) is 0 Å². The lowest BCUT2D eigenvalue weighted by Gasteiger charge is -2.33. The van der Waals surface area contributed by atoms with E-state index in [1.165, 1.54) is 47.8 Å². The van der Waals surface area contributed by atoms with Crippen molar-refractivity contribution in [2.45, 2.75) is 77.2 Å². The van der Waals surface area contributed by atoms with Crippen molar-refractivity contribution in [1.29, 1.82) is 0 Å². The van der Waals surface area contributed by atoms with Gasteiger partial charge in [0.2, 0.25) is 0 Å². The summed E-state index contributed by atoms with van der Waals surface area (Å²) in [5.74, 6) is -1.82. The van der Waals surface area contributed by atoms with Crippen LogP contribution in [0.3, 0.4) is 0 Å². The summed E-state index contributed by atoms with van der Waals surface area (Å²) in [7, 11) is 0. The summed E-state index contributed by atoms with van der Waals surface area (Å²) in [6.45, 7) is 11.1. The first kappa shape index (κ1) is 27.2. The van der Waals surface area contributed by atoms with Crippen LogP contribution in [0.1, 0.15) is 67.1 Å². The second-order valence-corrected chi connectivity index (χ2v) is 10.5. The van der Waals surface area contributed by atoms with Crippen molar-refractivity contribution < 1.29 is 27.9 Å². The lowest BCUT2D eigenvalue weighted by molar-refractivity contribution is -0.192. The van der Waals surface area contributed by atoms with Crippen molar-refractivity contribution in [3.63, 3.8) is 0 Å². The zero-order valence-electron chi connectivity index (χ0n) is 21.4. The molecule has 1 N–H and O–H groups in total. The van der Waals surface area contributed by atoms with E-state index < -0.39 is 12.1 Å². The van der Waals surface area contributed by atoms with Gasteiger partial charge in [0, 0.05) is 67.3 Å². The van der Waals surface area contributed by atoms with Crippen LogP contribution in [0.4, 0.5) is 13.2 Å². The van der Waals surface area contributed by atoms with Gasteiger partial charge in [0.05, 0.1) is 0 Å². The Morgan fingerprint density at radius 3 is 2.35 bits per heavy atom. The minimum absolute atomic E-state index is 0.206. The molecule has 2 fully saturated rings. The molecule has 0 atom stereocenters. The van der Waals surface area contributed by atoms with Crippen molar-refractivity contribution in [3.05, 3.63) is 47.7 Å². The molecule has 1 aromatic heterocycles. The number of likely N-dealkylation sites (tertiary alicyclic amines) is 1. The molecular formula is C28H36F3N3O3. The van der Waals surface area contributed by atoms with E-state index in [9.17, 15) is 18.0 Å². The van der Waals surface area contributed by atoms with Gasteiger partial charge in [0.25, 0.3) is 5.91 Å². The maximum Gasteiger partial charge on any atom is 0.490 e. The number of aromatic nitrogens is 1. The van der Waals surface area contributed by atoms with Gasteiger partial charge in [-0.25, -0.2) is 4.79 Å². The lowest BCUT2D eigenvalue weighted by Crippen LogP contribution is -2.38. The molecule has 1 aromatic carbocycles. The van der Waals surface area contributed by atoms with E-state index in [1.54, 1.807) is 0 Å². The number of nitrogens with zero attached hydrogens (tertiary/aromatic N) is 3. The summed E-state index contributed by atoms with van der Waals surface area (Å²) in [5, 5.41) is 8.41. The molecular weight excluding hydrogens is 483 g/mol. The van der Waals surface area contributed by atoms with Gasteiger partial charge in [-0.1, -0.05) is 25.8 Å². The van der Waals surface area contributed by atoms with E-state index in [1.807, 2.05) is 12.1 Å². The number of carboxylic acid groups (broad SMARTS) is 1. The molecule has 2 aromatic rings. The summed E-state index contributed by atoms with van der Waals surface area (Å²) < 4.78 is 34.2. The third kappa shape index (κ3) is 6.03. The highest BCUT2D eigenvalue weighted by Crippen LogP contribution is 2.35. The average Bonchev–Trinajstić information content (AvgIpc) is 3.51. The number of carboxylic acids is 1. The smallest absolute Gasteiger partial charge is 0.475 e. The molecule has 9 heteroatoms. The molecule has 0 radical (unpaired) electrons. The van der Waals surface area contributed by atoms with Gasteiger partial charge < -0.3 is 14.6 Å². The Balaban J connectivity index is 0.000000405. The van der Waals surface area contributed by atoms with Crippen molar-refractivity contribution in [2.75, 3.05) is 19.6 Å². The number of piperidine rings is 1. The number of hydrogen-bond donors (Lipinski definition) is 1. The number of benzene rings is 1. The number of aliphatic carboxylic acids is 1. The van der Waals surface area contributed by atoms with Gasteiger partial charge in [0.15, 0.2) is 0 Å². The highest BCUT2D eigenvalue weighted by molar-refractivity contribution is 5.99. The molecule has 3 aliphatic rings. The molecule has 6 nitrogen and oxygen atoms in total. The van der Waals surface area contributed by atoms with E-state index in [0.717, 1.165) is 69.5 Å². The SMILES string of the molecule is C=CCn1c2c(c3cc(C(=O)N4CCC(C)CC4)ccc31)CN(C1CCCC1)CC2.O=C(O)C(F)(F)F. The molecule has 0 bridgehead atoms. The van der Waals surface area contributed by atoms with Crippen LogP contribution in [0, 0.1) is 5.92 Å². The van der Waals surface area contributed by atoms with Crippen LogP contribution in [0.15, 0.2) is 30.9 Å². The quantitative estimate of drug-likeness (QED) is 0.532. The molecule has 5 rings (SSSR count). The summed E-state index contributed by atoms with van der Waals surface area (Å²) in [4.78, 5) is 26.9. The Labute approximate surface area is 215 Å². The molecule has 1 amide bonds. The van der Waals surface area contributed by atoms with Crippen molar-refractivity contribution in [2.24, 2.45) is 5.92 Å². The highest BCUT2D eigenvalue weighted by Gasteiger charge is 2.38. The fourth-order valence-electron chi connectivity index (χ4n) is 5.92. The first-order valence-corrected chi connectivity index (χ1v) is 13.2. The maximum atomic E-state index is 13.2. The zero-order valence-corrected chi connectivity index (χ0v) is 21.4. The number of fused-ring (bicyclic) bond motifs is 3. The average molecular weight is 520 g/mol. The van der Waals surface area contributed by atoms with Gasteiger partial charge in [0.1, 0.15) is 0 Å². The summed E-state index contributed by atoms with van der Waals surface area (Å²) in [6, 6.07) is 7.15. The number of carbonyl (C=O) groups excluding carboxylic acids is 1. The largest absolute Gasteiger partial charge is 0.490 e. The van der Waals surface area contributed by atoms with Crippen molar-refractivity contribution in [3.8, 4) is 0 Å². The molecule has 1 saturated carbocycles. The van der Waals surface area contributed by atoms with Crippen LogP contribution >= 0.6 is 0 Å². The van der Waals surface area contributed by atoms with Crippen molar-refractivity contribution >= 4 is 22.8 Å². The highest BCUT2D eigenvalue weighted by atomic mass is 19.4. The third-order valence-corrected chi connectivity index (χ3v) is 8.00. The number of rotatable bonds is 4. The maximum absolute atomic E-state index is 13.2. The predicted molar refractivity (Wildman–Crippen MR) is 136 cm³/mol. The zero-order chi connectivity index (χ0) is 26.7. The van der Waals surface area contributed by atoms with Gasteiger partial charge in [-0.05, 0) is 55.4 Å². The van der Waals surface area contributed by atoms with Gasteiger partial charge >= 0.3 is 12.1 Å². The molecule has 202 valence electrons. The molecule has 37 heavy (non-hydrogen) atoms. The first-order valence-electron chi connectivity index (χ1n) is 13.2. The van der Waals surface area contributed by atoms with Crippen molar-refractivity contribution in [1.82, 2.24) is 14.4 Å². The predicted octanol–water partition coefficient (Wildman–Crippen LogP) is 5.63. The van der Waals surface area contributed by atoms with Crippen LogP contribution in [-0.2, 0) is 24.3 Å². The fourth-order valence-corrected chi connectivity index (χ4v) is 5.92. The molecule has 0 unspecified atom stereocenters. The number of alkyl halides is 3. The normalized spacial score (nSPS) is 19.4. The summed E-state index contributed by atoms with van der Waals surface area (Å²) in [6.07, 6.45) is 5.69. The number of carbonyl (C=O) groups is 2. The van der Waals surface area contributed by atoms with Crippen LogP contribution in [0.25, 0.3) is 10.9 Å². The standard InChI is InChI=1S/C26H35N3O.C2HF3O2/c1-3-13-29-24-9-8-20(26(30)27-14-10-19(2)11-15-27)17-22(24)23-18-28(16-12-25(23)29)21-6-4-5-7-21;3-2(4,5)1(6)7/h3,8-9,17,19,21H,1,4-7,10-16,18H2,2H3;(H,6,7). The fraction of sp³-hybridized carbons (Fsp3) is 0.571. The summed E-state index contributed by atoms with van der Waals surface area (Å²) in [5.41, 5.74) is 5.02. The Morgan fingerprint density at radius 1 is 1.11 bits per heavy atom. The Hall–Kier alpha value is -2.81. The van der Waals surface area contributed by atoms with Crippen LogP contribution in [-0.4, -0.2) is 63.2 Å². The van der Waals surface area contributed by atoms with E-state index in [0.29, 0.717) is 0 Å². The van der Waals surface area contributed by atoms with Gasteiger partial charge in [-0.3, -0.25) is 9.69 Å². The Bertz CT molecular complexity index is 1140. The second-order valence-electron chi connectivity index (χ2n) is 10.5. The molecule has 2 aliphatic heterocycles. The second kappa shape index (κ2) is 11.3. The lowest BCUT2D eigenvalue weighted by atomic mass is 9.98. The molecule has 0 spiro atoms. The van der Waals surface area contributed by atoms with Gasteiger partial charge in [-0.15, -0.1) is 6.58 Å². The molecule has 1 aliphatic carbocycles. The number of allylic oxidation sites excluding steroid dienone is 1. The summed E-state index contributed by atoms with van der Waals surface area (Å²) >= 11 is 0. The number of amides is 1. The number of halogens is 3. The molecule has 3 heterocycles. The minimum atomic E-state index is -5.08. The Kier molecular flexibility index (Phi) is 8.31. The van der Waals surface area contributed by atoms with Crippen LogP contribution < -0.4 is 0 Å². The van der Waals surface area contributed by atoms with E-state index in [4.69, 9.17) is 9.90 Å². The Morgan fingerprint density at radius 2 is 1.76 bits per heavy atom. The van der Waals surface area contributed by atoms with E-state index in [2.05, 4.69) is 40.0 Å². The van der Waals surface area contributed by atoms with Crippen LogP contribution in [0.5, 0.6) is 0 Å². The number of hydrogen-bond acceptors (Lipinski definition) is 3. The van der Waals surface area contributed by atoms with Gasteiger partial charge in [-0.2, -0.15) is 13.2 Å². The topological polar surface area (TPSA) is 65.8 Å². The first-order chi connectivity index (χ1) is 17.6. The van der Waals surface area contributed by atoms with E-state index >= 15 is 0 Å². The molecule has 1 saturated heterocycles. The van der Waals surface area contributed by atoms with E-state index in [-0.39, 0.29) is 5.91 Å². The monoisotopic (exact) mass is 519 g/mol. The third-order valence-electron chi connectivity index (χ3n) is 8.00. The minimum Gasteiger partial charge on any atom is -0.475 e.